The Morgan fingerprint density at radius 1 is 1.08 bits per heavy atom. The van der Waals surface area contributed by atoms with E-state index in [9.17, 15) is 0 Å². The number of benzene rings is 1. The molecule has 0 fully saturated rings. The smallest absolute Gasteiger partial charge is 0.227 e. The quantitative estimate of drug-likeness (QED) is 0.492. The molecule has 4 aromatic rings. The summed E-state index contributed by atoms with van der Waals surface area (Å²) in [5.41, 5.74) is 6.54. The average molecular weight is 317 g/mol. The molecular formula is C21H21N2O+. The summed E-state index contributed by atoms with van der Waals surface area (Å²) in [6.45, 7) is 6.59. The van der Waals surface area contributed by atoms with E-state index in [0.29, 0.717) is 11.6 Å². The molecule has 1 aromatic carbocycles. The van der Waals surface area contributed by atoms with E-state index in [0.717, 1.165) is 16.4 Å². The first-order valence-electron chi connectivity index (χ1n) is 8.32. The number of furan rings is 1. The molecule has 0 saturated heterocycles. The third-order valence-electron chi connectivity index (χ3n) is 4.69. The molecule has 0 radical (unpaired) electrons. The summed E-state index contributed by atoms with van der Waals surface area (Å²) in [5, 5.41) is 2.20. The molecule has 0 aliphatic heterocycles. The van der Waals surface area contributed by atoms with Crippen LogP contribution in [0.4, 0.5) is 0 Å². The van der Waals surface area contributed by atoms with Crippen LogP contribution >= 0.6 is 0 Å². The van der Waals surface area contributed by atoms with Crippen molar-refractivity contribution in [1.82, 2.24) is 4.98 Å². The lowest BCUT2D eigenvalue weighted by molar-refractivity contribution is -0.660. The minimum atomic E-state index is 0.523. The Kier molecular flexibility index (Phi) is 3.38. The van der Waals surface area contributed by atoms with E-state index >= 15 is 0 Å². The Morgan fingerprint density at radius 3 is 2.67 bits per heavy atom. The molecule has 0 spiro atoms. The number of fused-ring (bicyclic) bond motifs is 3. The molecule has 0 atom stereocenters. The molecule has 24 heavy (non-hydrogen) atoms. The van der Waals surface area contributed by atoms with E-state index in [4.69, 9.17) is 4.42 Å². The van der Waals surface area contributed by atoms with Crippen molar-refractivity contribution >= 4 is 22.1 Å². The first-order valence-corrected chi connectivity index (χ1v) is 8.32. The highest BCUT2D eigenvalue weighted by Crippen LogP contribution is 2.32. The first-order chi connectivity index (χ1) is 11.5. The molecule has 0 bridgehead atoms. The molecule has 3 aromatic heterocycles. The SMILES string of the molecule is Cc1cc2c(cc1-c1ccc(C(C)C)c[n+]1C)oc1ncccc12. The minimum absolute atomic E-state index is 0.523. The molecule has 120 valence electrons. The van der Waals surface area contributed by atoms with E-state index in [2.05, 4.69) is 73.9 Å². The molecular weight excluding hydrogens is 296 g/mol. The topological polar surface area (TPSA) is 29.9 Å². The lowest BCUT2D eigenvalue weighted by atomic mass is 9.99. The number of hydrogen-bond donors (Lipinski definition) is 0. The molecule has 0 unspecified atom stereocenters. The van der Waals surface area contributed by atoms with Gasteiger partial charge in [-0.1, -0.05) is 13.8 Å². The van der Waals surface area contributed by atoms with Crippen LogP contribution in [0.2, 0.25) is 0 Å². The van der Waals surface area contributed by atoms with Crippen molar-refractivity contribution in [3.63, 3.8) is 0 Å². The van der Waals surface area contributed by atoms with Gasteiger partial charge in [0.2, 0.25) is 11.4 Å². The van der Waals surface area contributed by atoms with Crippen molar-refractivity contribution in [3.05, 3.63) is 59.9 Å². The van der Waals surface area contributed by atoms with Crippen LogP contribution in [0, 0.1) is 6.92 Å². The second kappa shape index (κ2) is 5.45. The Hall–Kier alpha value is -2.68. The fourth-order valence-corrected chi connectivity index (χ4v) is 3.29. The van der Waals surface area contributed by atoms with Crippen LogP contribution in [0.3, 0.4) is 0 Å². The van der Waals surface area contributed by atoms with Crippen molar-refractivity contribution in [2.75, 3.05) is 0 Å². The molecule has 3 nitrogen and oxygen atoms in total. The van der Waals surface area contributed by atoms with Gasteiger partial charge in [-0.3, -0.25) is 0 Å². The molecule has 4 rings (SSSR count). The second-order valence-corrected chi connectivity index (χ2v) is 6.73. The van der Waals surface area contributed by atoms with Crippen LogP contribution in [-0.4, -0.2) is 4.98 Å². The van der Waals surface area contributed by atoms with Crippen molar-refractivity contribution in [2.24, 2.45) is 7.05 Å². The van der Waals surface area contributed by atoms with Crippen LogP contribution in [-0.2, 0) is 7.05 Å². The van der Waals surface area contributed by atoms with Crippen LogP contribution < -0.4 is 4.57 Å². The van der Waals surface area contributed by atoms with E-state index in [-0.39, 0.29) is 0 Å². The maximum absolute atomic E-state index is 5.95. The Morgan fingerprint density at radius 2 is 1.92 bits per heavy atom. The van der Waals surface area contributed by atoms with Gasteiger partial charge in [0.15, 0.2) is 6.20 Å². The minimum Gasteiger partial charge on any atom is -0.438 e. The summed E-state index contributed by atoms with van der Waals surface area (Å²) in [4.78, 5) is 4.33. The summed E-state index contributed by atoms with van der Waals surface area (Å²) in [6.07, 6.45) is 3.98. The van der Waals surface area contributed by atoms with E-state index in [1.807, 2.05) is 6.07 Å². The first kappa shape index (κ1) is 14.9. The molecule has 0 aliphatic rings. The van der Waals surface area contributed by atoms with Gasteiger partial charge < -0.3 is 4.42 Å². The number of aryl methyl sites for hydroxylation is 2. The lowest BCUT2D eigenvalue weighted by Gasteiger charge is -2.08. The van der Waals surface area contributed by atoms with Crippen LogP contribution in [0.15, 0.2) is 53.2 Å². The summed E-state index contributed by atoms with van der Waals surface area (Å²) < 4.78 is 8.15. The van der Waals surface area contributed by atoms with Crippen LogP contribution in [0.1, 0.15) is 30.9 Å². The predicted octanol–water partition coefficient (Wildman–Crippen LogP) is 4.90. The van der Waals surface area contributed by atoms with Gasteiger partial charge in [0.25, 0.3) is 0 Å². The van der Waals surface area contributed by atoms with E-state index in [1.165, 1.54) is 22.4 Å². The summed E-state index contributed by atoms with van der Waals surface area (Å²) in [6, 6.07) is 12.8. The van der Waals surface area contributed by atoms with Crippen molar-refractivity contribution in [1.29, 1.82) is 0 Å². The van der Waals surface area contributed by atoms with Gasteiger partial charge in [-0.25, -0.2) is 9.55 Å². The molecule has 0 saturated carbocycles. The maximum atomic E-state index is 5.95. The number of rotatable bonds is 2. The molecule has 0 N–H and O–H groups in total. The summed E-state index contributed by atoms with van der Waals surface area (Å²) in [7, 11) is 2.10. The second-order valence-electron chi connectivity index (χ2n) is 6.73. The van der Waals surface area contributed by atoms with Gasteiger partial charge in [-0.15, -0.1) is 0 Å². The molecule has 3 heterocycles. The number of pyridine rings is 2. The predicted molar refractivity (Wildman–Crippen MR) is 97.0 cm³/mol. The fraction of sp³-hybridized carbons (Fsp3) is 0.238. The van der Waals surface area contributed by atoms with Gasteiger partial charge in [-0.05, 0) is 48.7 Å². The monoisotopic (exact) mass is 317 g/mol. The van der Waals surface area contributed by atoms with Gasteiger partial charge in [-0.2, -0.15) is 0 Å². The Labute approximate surface area is 141 Å². The highest BCUT2D eigenvalue weighted by atomic mass is 16.3. The molecule has 0 amide bonds. The fourth-order valence-electron chi connectivity index (χ4n) is 3.29. The number of nitrogens with zero attached hydrogens (tertiary/aromatic N) is 2. The molecule has 0 aliphatic carbocycles. The highest BCUT2D eigenvalue weighted by molar-refractivity contribution is 6.05. The zero-order chi connectivity index (χ0) is 16.8. The standard InChI is InChI=1S/C21H21N2O/c1-13(2)15-7-8-19(23(4)12-15)17-11-20-18(10-14(17)3)16-6-5-9-22-21(16)24-20/h5-13H,1-4H3/q+1. The Balaban J connectivity index is 1.94. The van der Waals surface area contributed by atoms with Crippen LogP contribution in [0.5, 0.6) is 0 Å². The maximum Gasteiger partial charge on any atom is 0.227 e. The third-order valence-corrected chi connectivity index (χ3v) is 4.69. The van der Waals surface area contributed by atoms with Gasteiger partial charge in [0, 0.05) is 28.6 Å². The molecule has 3 heteroatoms. The Bertz CT molecular complexity index is 1060. The van der Waals surface area contributed by atoms with E-state index < -0.39 is 0 Å². The van der Waals surface area contributed by atoms with Crippen molar-refractivity contribution in [3.8, 4) is 11.3 Å². The van der Waals surface area contributed by atoms with Crippen LogP contribution in [0.25, 0.3) is 33.3 Å². The highest BCUT2D eigenvalue weighted by Gasteiger charge is 2.17. The van der Waals surface area contributed by atoms with E-state index in [1.54, 1.807) is 6.20 Å². The average Bonchev–Trinajstić information content (AvgIpc) is 2.92. The van der Waals surface area contributed by atoms with Crippen molar-refractivity contribution < 1.29 is 8.98 Å². The van der Waals surface area contributed by atoms with Gasteiger partial charge in [0.1, 0.15) is 12.6 Å². The summed E-state index contributed by atoms with van der Waals surface area (Å²) >= 11 is 0. The zero-order valence-electron chi connectivity index (χ0n) is 14.5. The summed E-state index contributed by atoms with van der Waals surface area (Å²) in [5.74, 6) is 0.523. The number of hydrogen-bond acceptors (Lipinski definition) is 2. The lowest BCUT2D eigenvalue weighted by Crippen LogP contribution is -2.31. The number of aromatic nitrogens is 2. The van der Waals surface area contributed by atoms with Crippen molar-refractivity contribution in [2.45, 2.75) is 26.7 Å². The normalized spacial score (nSPS) is 11.7. The third kappa shape index (κ3) is 2.28. The van der Waals surface area contributed by atoms with Gasteiger partial charge >= 0.3 is 0 Å². The zero-order valence-corrected chi connectivity index (χ0v) is 14.5. The van der Waals surface area contributed by atoms with Gasteiger partial charge in [0.05, 0.1) is 5.56 Å². The largest absolute Gasteiger partial charge is 0.438 e.